The Hall–Kier alpha value is -2.78. The second-order valence-electron chi connectivity index (χ2n) is 3.87. The van der Waals surface area contributed by atoms with Crippen molar-refractivity contribution < 1.29 is 9.53 Å². The van der Waals surface area contributed by atoms with Crippen LogP contribution in [0.25, 0.3) is 0 Å². The van der Waals surface area contributed by atoms with E-state index in [2.05, 4.69) is 25.3 Å². The van der Waals surface area contributed by atoms with E-state index in [0.717, 1.165) is 0 Å². The molecule has 0 fully saturated rings. The van der Waals surface area contributed by atoms with E-state index in [9.17, 15) is 4.79 Å². The topological polar surface area (TPSA) is 148 Å². The number of anilines is 2. The van der Waals surface area contributed by atoms with Crippen LogP contribution in [-0.4, -0.2) is 42.5 Å². The van der Waals surface area contributed by atoms with Gasteiger partial charge in [0.15, 0.2) is 11.5 Å². The van der Waals surface area contributed by atoms with E-state index in [4.69, 9.17) is 16.2 Å². The first-order valence-electron chi connectivity index (χ1n) is 5.84. The van der Waals surface area contributed by atoms with Gasteiger partial charge in [-0.05, 0) is 13.8 Å². The highest BCUT2D eigenvalue weighted by Crippen LogP contribution is 2.08. The molecule has 4 N–H and O–H groups in total. The van der Waals surface area contributed by atoms with Gasteiger partial charge in [0, 0.05) is 0 Å². The molecule has 0 amide bonds. The lowest BCUT2D eigenvalue weighted by atomic mass is 10.3. The summed E-state index contributed by atoms with van der Waals surface area (Å²) in [5.74, 6) is -0.142. The van der Waals surface area contributed by atoms with Crippen molar-refractivity contribution in [2.24, 2.45) is 0 Å². The second kappa shape index (κ2) is 5.47. The summed E-state index contributed by atoms with van der Waals surface area (Å²) in [7, 11) is 0. The number of aromatic nitrogens is 6. The number of carbonyl (C=O) groups excluding carboxylic acids is 1. The summed E-state index contributed by atoms with van der Waals surface area (Å²) >= 11 is 0. The summed E-state index contributed by atoms with van der Waals surface area (Å²) in [6.45, 7) is 3.86. The quantitative estimate of drug-likeness (QED) is 0.682. The van der Waals surface area contributed by atoms with Crippen molar-refractivity contribution in [2.75, 3.05) is 18.1 Å². The summed E-state index contributed by atoms with van der Waals surface area (Å²) in [6, 6.07) is 0. The highest BCUT2D eigenvalue weighted by Gasteiger charge is 2.18. The van der Waals surface area contributed by atoms with Crippen molar-refractivity contribution in [3.05, 3.63) is 17.2 Å². The molecule has 0 unspecified atom stereocenters. The average Bonchev–Trinajstić information content (AvgIpc) is 2.70. The van der Waals surface area contributed by atoms with Crippen molar-refractivity contribution in [2.45, 2.75) is 20.4 Å². The van der Waals surface area contributed by atoms with E-state index in [1.165, 1.54) is 4.68 Å². The van der Waals surface area contributed by atoms with Crippen molar-refractivity contribution in [3.63, 3.8) is 0 Å². The van der Waals surface area contributed by atoms with E-state index in [0.29, 0.717) is 11.5 Å². The molecule has 10 heteroatoms. The van der Waals surface area contributed by atoms with E-state index < -0.39 is 5.97 Å². The molecule has 0 radical (unpaired) electrons. The van der Waals surface area contributed by atoms with Gasteiger partial charge < -0.3 is 16.2 Å². The molecule has 0 aliphatic heterocycles. The van der Waals surface area contributed by atoms with Crippen LogP contribution in [0.3, 0.4) is 0 Å². The van der Waals surface area contributed by atoms with Gasteiger partial charge in [-0.15, -0.1) is 5.10 Å². The van der Waals surface area contributed by atoms with Crippen LogP contribution in [0.2, 0.25) is 0 Å². The summed E-state index contributed by atoms with van der Waals surface area (Å²) in [6.07, 6.45) is 0. The smallest absolute Gasteiger partial charge is 0.360 e. The molecule has 0 aromatic carbocycles. The molecule has 0 aliphatic carbocycles. The molecule has 10 nitrogen and oxygen atoms in total. The highest BCUT2D eigenvalue weighted by molar-refractivity contribution is 5.88. The highest BCUT2D eigenvalue weighted by atomic mass is 16.5. The SMILES string of the molecule is CCOC(=O)c1nnn(Cc2nc(N)nc(N)n2)c1C. The normalized spacial score (nSPS) is 10.5. The predicted octanol–water partition coefficient (Wildman–Crippen LogP) is -0.839. The minimum Gasteiger partial charge on any atom is -0.461 e. The lowest BCUT2D eigenvalue weighted by molar-refractivity contribution is 0.0518. The molecule has 0 saturated heterocycles. The second-order valence-corrected chi connectivity index (χ2v) is 3.87. The van der Waals surface area contributed by atoms with Crippen LogP contribution < -0.4 is 11.5 Å². The van der Waals surface area contributed by atoms with Gasteiger partial charge in [0.25, 0.3) is 0 Å². The molecular weight excluding hydrogens is 264 g/mol. The first-order chi connectivity index (χ1) is 9.51. The minimum absolute atomic E-state index is 0.0240. The average molecular weight is 278 g/mol. The maximum Gasteiger partial charge on any atom is 0.360 e. The number of carbonyl (C=O) groups is 1. The molecule has 106 valence electrons. The maximum atomic E-state index is 11.6. The van der Waals surface area contributed by atoms with Gasteiger partial charge in [0.1, 0.15) is 6.54 Å². The van der Waals surface area contributed by atoms with Crippen molar-refractivity contribution in [1.82, 2.24) is 29.9 Å². The largest absolute Gasteiger partial charge is 0.461 e. The number of nitrogens with zero attached hydrogens (tertiary/aromatic N) is 6. The molecule has 2 rings (SSSR count). The zero-order valence-electron chi connectivity index (χ0n) is 11.1. The molecule has 2 aromatic rings. The van der Waals surface area contributed by atoms with Crippen LogP contribution in [0, 0.1) is 6.92 Å². The van der Waals surface area contributed by atoms with Crippen molar-refractivity contribution in [1.29, 1.82) is 0 Å². The van der Waals surface area contributed by atoms with Crippen LogP contribution in [0.15, 0.2) is 0 Å². The Morgan fingerprint density at radius 2 is 1.90 bits per heavy atom. The number of nitrogen functional groups attached to an aromatic ring is 2. The molecule has 2 aromatic heterocycles. The third kappa shape index (κ3) is 2.79. The lowest BCUT2D eigenvalue weighted by Crippen LogP contribution is -2.13. The Balaban J connectivity index is 2.24. The van der Waals surface area contributed by atoms with Gasteiger partial charge in [-0.25, -0.2) is 9.48 Å². The maximum absolute atomic E-state index is 11.6. The van der Waals surface area contributed by atoms with Gasteiger partial charge in [-0.3, -0.25) is 0 Å². The van der Waals surface area contributed by atoms with Crippen LogP contribution in [0.4, 0.5) is 11.9 Å². The fraction of sp³-hybridized carbons (Fsp3) is 0.400. The number of ether oxygens (including phenoxy) is 1. The Morgan fingerprint density at radius 3 is 2.50 bits per heavy atom. The Kier molecular flexibility index (Phi) is 3.73. The van der Waals surface area contributed by atoms with E-state index in [1.54, 1.807) is 13.8 Å². The molecule has 0 aliphatic rings. The van der Waals surface area contributed by atoms with Crippen LogP contribution >= 0.6 is 0 Å². The molecule has 0 bridgehead atoms. The molecular formula is C10H14N8O2. The monoisotopic (exact) mass is 278 g/mol. The third-order valence-electron chi connectivity index (χ3n) is 2.46. The molecule has 0 saturated carbocycles. The zero-order chi connectivity index (χ0) is 14.7. The Labute approximate surface area is 114 Å². The number of esters is 1. The summed E-state index contributed by atoms with van der Waals surface area (Å²) in [5.41, 5.74) is 11.7. The number of hydrogen-bond acceptors (Lipinski definition) is 9. The first kappa shape index (κ1) is 13.6. The van der Waals surface area contributed by atoms with Gasteiger partial charge in [-0.2, -0.15) is 15.0 Å². The molecule has 0 atom stereocenters. The zero-order valence-corrected chi connectivity index (χ0v) is 11.1. The van der Waals surface area contributed by atoms with Gasteiger partial charge >= 0.3 is 5.97 Å². The van der Waals surface area contributed by atoms with E-state index in [-0.39, 0.29) is 30.7 Å². The standard InChI is InChI=1S/C10H14N8O2/c1-3-20-8(19)7-5(2)18(17-16-7)4-6-13-9(11)15-10(12)14-6/h3-4H2,1-2H3,(H4,11,12,13,14,15). The van der Waals surface area contributed by atoms with Gasteiger partial charge in [0.2, 0.25) is 11.9 Å². The first-order valence-corrected chi connectivity index (χ1v) is 5.84. The number of nitrogens with two attached hydrogens (primary N) is 2. The predicted molar refractivity (Wildman–Crippen MR) is 68.5 cm³/mol. The molecule has 0 spiro atoms. The fourth-order valence-electron chi connectivity index (χ4n) is 1.56. The van der Waals surface area contributed by atoms with Crippen molar-refractivity contribution in [3.8, 4) is 0 Å². The van der Waals surface area contributed by atoms with E-state index >= 15 is 0 Å². The summed E-state index contributed by atoms with van der Waals surface area (Å²) < 4.78 is 6.33. The number of rotatable bonds is 4. The van der Waals surface area contributed by atoms with Crippen molar-refractivity contribution >= 4 is 17.9 Å². The number of hydrogen-bond donors (Lipinski definition) is 2. The summed E-state index contributed by atoms with van der Waals surface area (Å²) in [4.78, 5) is 23.2. The Bertz CT molecular complexity index is 618. The van der Waals surface area contributed by atoms with Gasteiger partial charge in [0.05, 0.1) is 12.3 Å². The van der Waals surface area contributed by atoms with Crippen LogP contribution in [-0.2, 0) is 11.3 Å². The van der Waals surface area contributed by atoms with Crippen LogP contribution in [0.5, 0.6) is 0 Å². The van der Waals surface area contributed by atoms with Gasteiger partial charge in [-0.1, -0.05) is 5.21 Å². The fourth-order valence-corrected chi connectivity index (χ4v) is 1.56. The lowest BCUT2D eigenvalue weighted by Gasteiger charge is -2.04. The Morgan fingerprint density at radius 1 is 1.25 bits per heavy atom. The molecule has 20 heavy (non-hydrogen) atoms. The van der Waals surface area contributed by atoms with E-state index in [1.807, 2.05) is 0 Å². The third-order valence-corrected chi connectivity index (χ3v) is 2.46. The minimum atomic E-state index is -0.522. The molecule has 2 heterocycles. The van der Waals surface area contributed by atoms with Crippen LogP contribution in [0.1, 0.15) is 28.9 Å². The summed E-state index contributed by atoms with van der Waals surface area (Å²) in [5, 5.41) is 7.64.